The van der Waals surface area contributed by atoms with Crippen LogP contribution in [0.2, 0.25) is 0 Å². The first-order valence-corrected chi connectivity index (χ1v) is 6.86. The summed E-state index contributed by atoms with van der Waals surface area (Å²) in [5.74, 6) is 0.267. The monoisotopic (exact) mass is 308 g/mol. The van der Waals surface area contributed by atoms with Crippen molar-refractivity contribution in [3.8, 4) is 0 Å². The fourth-order valence-corrected chi connectivity index (χ4v) is 2.85. The van der Waals surface area contributed by atoms with E-state index in [0.29, 0.717) is 0 Å². The van der Waals surface area contributed by atoms with E-state index >= 15 is 0 Å². The maximum atomic E-state index is 12.4. The van der Waals surface area contributed by atoms with Gasteiger partial charge in [-0.25, -0.2) is 0 Å². The molecule has 3 nitrogen and oxygen atoms in total. The van der Waals surface area contributed by atoms with E-state index in [2.05, 4.69) is 34.9 Å². The summed E-state index contributed by atoms with van der Waals surface area (Å²) in [6.45, 7) is 8.02. The largest absolute Gasteiger partial charge is 0.272 e. The van der Waals surface area contributed by atoms with Gasteiger partial charge in [-0.3, -0.25) is 4.79 Å². The molecule has 96 valence electrons. The Morgan fingerprint density at radius 1 is 1.33 bits per heavy atom. The Labute approximate surface area is 116 Å². The second-order valence-corrected chi connectivity index (χ2v) is 5.96. The van der Waals surface area contributed by atoms with E-state index < -0.39 is 0 Å². The minimum Gasteiger partial charge on any atom is -0.272 e. The van der Waals surface area contributed by atoms with Gasteiger partial charge in [-0.1, -0.05) is 29.8 Å². The van der Waals surface area contributed by atoms with Crippen molar-refractivity contribution in [1.82, 2.24) is 0 Å². The first-order chi connectivity index (χ1) is 8.41. The number of halogens is 1. The number of hydrazone groups is 1. The lowest BCUT2D eigenvalue weighted by Gasteiger charge is -2.18. The molecule has 0 aliphatic carbocycles. The standard InChI is InChI=1S/C14H17BrN2O/c1-8(2)13-10(4)16-17(14(13)18)12-6-5-11(15)7-9(12)3/h5-8,13H,1-4H3. The Hall–Kier alpha value is -1.16. The van der Waals surface area contributed by atoms with E-state index in [9.17, 15) is 4.79 Å². The molecule has 1 unspecified atom stereocenters. The molecule has 0 radical (unpaired) electrons. The third kappa shape index (κ3) is 2.21. The number of rotatable bonds is 2. The van der Waals surface area contributed by atoms with Crippen LogP contribution in [-0.4, -0.2) is 11.6 Å². The number of amides is 1. The van der Waals surface area contributed by atoms with Crippen LogP contribution in [0.1, 0.15) is 26.3 Å². The summed E-state index contributed by atoms with van der Waals surface area (Å²) in [6.07, 6.45) is 0. The van der Waals surface area contributed by atoms with Gasteiger partial charge in [0.05, 0.1) is 11.6 Å². The highest BCUT2D eigenvalue weighted by molar-refractivity contribution is 9.10. The lowest BCUT2D eigenvalue weighted by atomic mass is 9.91. The van der Waals surface area contributed by atoms with Crippen molar-refractivity contribution in [3.05, 3.63) is 28.2 Å². The van der Waals surface area contributed by atoms with Crippen LogP contribution in [0.15, 0.2) is 27.8 Å². The second-order valence-electron chi connectivity index (χ2n) is 5.04. The molecule has 0 aromatic heterocycles. The molecule has 0 bridgehead atoms. The predicted molar refractivity (Wildman–Crippen MR) is 77.8 cm³/mol. The minimum atomic E-state index is -0.0898. The average molecular weight is 309 g/mol. The third-order valence-electron chi connectivity index (χ3n) is 3.24. The first-order valence-electron chi connectivity index (χ1n) is 6.07. The molecule has 1 amide bonds. The van der Waals surface area contributed by atoms with Crippen LogP contribution in [0.25, 0.3) is 0 Å². The molecule has 0 saturated carbocycles. The van der Waals surface area contributed by atoms with E-state index in [-0.39, 0.29) is 17.7 Å². The molecule has 2 rings (SSSR count). The Morgan fingerprint density at radius 2 is 2.00 bits per heavy atom. The van der Waals surface area contributed by atoms with Crippen molar-refractivity contribution in [2.24, 2.45) is 16.9 Å². The van der Waals surface area contributed by atoms with Crippen molar-refractivity contribution in [1.29, 1.82) is 0 Å². The van der Waals surface area contributed by atoms with Crippen molar-refractivity contribution in [3.63, 3.8) is 0 Å². The number of nitrogens with zero attached hydrogens (tertiary/aromatic N) is 2. The Morgan fingerprint density at radius 3 is 2.50 bits per heavy atom. The maximum absolute atomic E-state index is 12.4. The lowest BCUT2D eigenvalue weighted by Crippen LogP contribution is -2.30. The smallest absolute Gasteiger partial charge is 0.256 e. The molecule has 18 heavy (non-hydrogen) atoms. The molecule has 0 fully saturated rings. The van der Waals surface area contributed by atoms with E-state index in [1.165, 1.54) is 0 Å². The van der Waals surface area contributed by atoms with Gasteiger partial charge in [-0.15, -0.1) is 0 Å². The van der Waals surface area contributed by atoms with Crippen LogP contribution in [-0.2, 0) is 4.79 Å². The van der Waals surface area contributed by atoms with Gasteiger partial charge < -0.3 is 0 Å². The highest BCUT2D eigenvalue weighted by Gasteiger charge is 2.36. The number of aryl methyl sites for hydroxylation is 1. The van der Waals surface area contributed by atoms with Gasteiger partial charge in [-0.05, 0) is 43.5 Å². The Kier molecular flexibility index (Phi) is 3.57. The summed E-state index contributed by atoms with van der Waals surface area (Å²) in [7, 11) is 0. The van der Waals surface area contributed by atoms with Crippen LogP contribution < -0.4 is 5.01 Å². The molecule has 0 N–H and O–H groups in total. The van der Waals surface area contributed by atoms with Crippen molar-refractivity contribution < 1.29 is 4.79 Å². The summed E-state index contributed by atoms with van der Waals surface area (Å²) < 4.78 is 1.01. The van der Waals surface area contributed by atoms with Gasteiger partial charge in [0.15, 0.2) is 0 Å². The van der Waals surface area contributed by atoms with Crippen molar-refractivity contribution in [2.75, 3.05) is 5.01 Å². The van der Waals surface area contributed by atoms with Crippen LogP contribution in [0.4, 0.5) is 5.69 Å². The molecule has 1 aromatic carbocycles. The summed E-state index contributed by atoms with van der Waals surface area (Å²) in [6, 6.07) is 5.86. The van der Waals surface area contributed by atoms with Crippen molar-refractivity contribution >= 4 is 33.2 Å². The Bertz CT molecular complexity index is 523. The molecule has 0 spiro atoms. The fourth-order valence-electron chi connectivity index (χ4n) is 2.38. The van der Waals surface area contributed by atoms with E-state index in [1.54, 1.807) is 5.01 Å². The van der Waals surface area contributed by atoms with Gasteiger partial charge in [-0.2, -0.15) is 10.1 Å². The highest BCUT2D eigenvalue weighted by Crippen LogP contribution is 2.31. The summed E-state index contributed by atoms with van der Waals surface area (Å²) >= 11 is 3.43. The number of anilines is 1. The van der Waals surface area contributed by atoms with Crippen LogP contribution >= 0.6 is 15.9 Å². The summed E-state index contributed by atoms with van der Waals surface area (Å²) in [4.78, 5) is 12.4. The number of hydrogen-bond acceptors (Lipinski definition) is 2. The normalized spacial score (nSPS) is 19.7. The quantitative estimate of drug-likeness (QED) is 0.819. The molecular formula is C14H17BrN2O. The van der Waals surface area contributed by atoms with Gasteiger partial charge in [0.25, 0.3) is 5.91 Å². The van der Waals surface area contributed by atoms with Gasteiger partial charge in [0, 0.05) is 10.2 Å². The molecule has 1 aromatic rings. The van der Waals surface area contributed by atoms with Gasteiger partial charge >= 0.3 is 0 Å². The molecule has 1 aliphatic rings. The molecule has 1 aliphatic heterocycles. The van der Waals surface area contributed by atoms with E-state index in [0.717, 1.165) is 21.4 Å². The highest BCUT2D eigenvalue weighted by atomic mass is 79.9. The zero-order chi connectivity index (χ0) is 13.4. The zero-order valence-corrected chi connectivity index (χ0v) is 12.7. The topological polar surface area (TPSA) is 32.7 Å². The predicted octanol–water partition coefficient (Wildman–Crippen LogP) is 3.75. The van der Waals surface area contributed by atoms with Crippen molar-refractivity contribution in [2.45, 2.75) is 27.7 Å². The summed E-state index contributed by atoms with van der Waals surface area (Å²) in [5, 5.41) is 5.96. The fraction of sp³-hybridized carbons (Fsp3) is 0.429. The van der Waals surface area contributed by atoms with Crippen LogP contribution in [0.3, 0.4) is 0 Å². The van der Waals surface area contributed by atoms with Crippen LogP contribution in [0, 0.1) is 18.8 Å². The van der Waals surface area contributed by atoms with E-state index in [1.807, 2.05) is 32.0 Å². The SMILES string of the molecule is CC1=NN(c2ccc(Br)cc2C)C(=O)C1C(C)C. The second kappa shape index (κ2) is 4.84. The minimum absolute atomic E-state index is 0.0768. The molecule has 1 heterocycles. The third-order valence-corrected chi connectivity index (χ3v) is 3.73. The Balaban J connectivity index is 2.39. The number of hydrogen-bond donors (Lipinski definition) is 0. The van der Waals surface area contributed by atoms with Gasteiger partial charge in [0.2, 0.25) is 0 Å². The number of carbonyl (C=O) groups is 1. The molecular weight excluding hydrogens is 292 g/mol. The zero-order valence-electron chi connectivity index (χ0n) is 11.1. The number of carbonyl (C=O) groups excluding carboxylic acids is 1. The van der Waals surface area contributed by atoms with E-state index in [4.69, 9.17) is 0 Å². The van der Waals surface area contributed by atoms with Crippen LogP contribution in [0.5, 0.6) is 0 Å². The number of benzene rings is 1. The average Bonchev–Trinajstić information content (AvgIpc) is 2.54. The van der Waals surface area contributed by atoms with Gasteiger partial charge in [0.1, 0.15) is 0 Å². The first kappa shape index (κ1) is 13.3. The lowest BCUT2D eigenvalue weighted by molar-refractivity contribution is -0.120. The maximum Gasteiger partial charge on any atom is 0.256 e. The molecule has 0 saturated heterocycles. The summed E-state index contributed by atoms with van der Waals surface area (Å²) in [5.41, 5.74) is 2.81. The molecule has 1 atom stereocenters. The molecule has 4 heteroatoms.